The standard InChI is InChI=1S/C13H13NO4/c1-2-3-6-14-11(15)9-5-4-8(13(17)18)7-10(9)12(14)16/h4-5,7H,2-3,6H2,1H3,(H,17,18). The second kappa shape index (κ2) is 4.60. The third kappa shape index (κ3) is 1.88. The Morgan fingerprint density at radius 2 is 1.89 bits per heavy atom. The van der Waals surface area contributed by atoms with E-state index >= 15 is 0 Å². The molecule has 0 atom stereocenters. The predicted molar refractivity (Wildman–Crippen MR) is 63.7 cm³/mol. The van der Waals surface area contributed by atoms with Crippen LogP contribution in [-0.2, 0) is 0 Å². The fourth-order valence-electron chi connectivity index (χ4n) is 1.94. The fraction of sp³-hybridized carbons (Fsp3) is 0.308. The number of carbonyl (C=O) groups excluding carboxylic acids is 2. The van der Waals surface area contributed by atoms with Gasteiger partial charge in [-0.3, -0.25) is 14.5 Å². The number of unbranched alkanes of at least 4 members (excludes halogenated alkanes) is 1. The molecule has 2 rings (SSSR count). The fourth-order valence-corrected chi connectivity index (χ4v) is 1.94. The molecule has 5 nitrogen and oxygen atoms in total. The lowest BCUT2D eigenvalue weighted by molar-refractivity contribution is 0.0650. The van der Waals surface area contributed by atoms with Crippen LogP contribution in [0.15, 0.2) is 18.2 Å². The first-order chi connectivity index (χ1) is 8.56. The van der Waals surface area contributed by atoms with Crippen LogP contribution in [0, 0.1) is 0 Å². The van der Waals surface area contributed by atoms with Crippen molar-refractivity contribution in [3.63, 3.8) is 0 Å². The van der Waals surface area contributed by atoms with Crippen molar-refractivity contribution in [2.24, 2.45) is 0 Å². The Labute approximate surface area is 104 Å². The molecule has 0 unspecified atom stereocenters. The molecule has 94 valence electrons. The Morgan fingerprint density at radius 3 is 2.50 bits per heavy atom. The minimum Gasteiger partial charge on any atom is -0.478 e. The lowest BCUT2D eigenvalue weighted by Gasteiger charge is -2.12. The molecule has 1 heterocycles. The summed E-state index contributed by atoms with van der Waals surface area (Å²) in [4.78, 5) is 36.0. The van der Waals surface area contributed by atoms with E-state index in [1.54, 1.807) is 0 Å². The number of rotatable bonds is 4. The van der Waals surface area contributed by atoms with Crippen molar-refractivity contribution in [1.82, 2.24) is 4.90 Å². The average Bonchev–Trinajstić information content (AvgIpc) is 2.59. The van der Waals surface area contributed by atoms with Crippen LogP contribution in [0.5, 0.6) is 0 Å². The molecule has 0 saturated carbocycles. The zero-order valence-corrected chi connectivity index (χ0v) is 9.97. The molecule has 0 aromatic heterocycles. The monoisotopic (exact) mass is 247 g/mol. The molecule has 18 heavy (non-hydrogen) atoms. The Hall–Kier alpha value is -2.17. The molecule has 0 saturated heterocycles. The number of carboxylic acid groups (broad SMARTS) is 1. The summed E-state index contributed by atoms with van der Waals surface area (Å²) in [5, 5.41) is 8.87. The van der Waals surface area contributed by atoms with E-state index in [2.05, 4.69) is 0 Å². The van der Waals surface area contributed by atoms with E-state index in [4.69, 9.17) is 5.11 Å². The van der Waals surface area contributed by atoms with Crippen LogP contribution in [0.2, 0.25) is 0 Å². The van der Waals surface area contributed by atoms with Crippen LogP contribution in [-0.4, -0.2) is 34.3 Å². The van der Waals surface area contributed by atoms with Gasteiger partial charge in [-0.25, -0.2) is 4.79 Å². The van der Waals surface area contributed by atoms with Gasteiger partial charge in [0.05, 0.1) is 16.7 Å². The number of hydrogen-bond donors (Lipinski definition) is 1. The van der Waals surface area contributed by atoms with Crippen LogP contribution >= 0.6 is 0 Å². The molecule has 0 bridgehead atoms. The van der Waals surface area contributed by atoms with E-state index < -0.39 is 11.9 Å². The van der Waals surface area contributed by atoms with Gasteiger partial charge in [0, 0.05) is 6.54 Å². The number of nitrogens with zero attached hydrogens (tertiary/aromatic N) is 1. The van der Waals surface area contributed by atoms with Crippen LogP contribution < -0.4 is 0 Å². The number of imide groups is 1. The average molecular weight is 247 g/mol. The maximum absolute atomic E-state index is 12.0. The number of benzene rings is 1. The minimum absolute atomic E-state index is 0.0206. The largest absolute Gasteiger partial charge is 0.478 e. The van der Waals surface area contributed by atoms with Gasteiger partial charge in [0.15, 0.2) is 0 Å². The predicted octanol–water partition coefficient (Wildman–Crippen LogP) is 1.78. The molecule has 1 aliphatic heterocycles. The summed E-state index contributed by atoms with van der Waals surface area (Å²) in [6.07, 6.45) is 1.63. The lowest BCUT2D eigenvalue weighted by atomic mass is 10.1. The highest BCUT2D eigenvalue weighted by Gasteiger charge is 2.35. The topological polar surface area (TPSA) is 74.7 Å². The molecule has 5 heteroatoms. The third-order valence-electron chi connectivity index (χ3n) is 2.95. The molecule has 0 fully saturated rings. The van der Waals surface area contributed by atoms with Gasteiger partial charge in [-0.2, -0.15) is 0 Å². The molecule has 0 spiro atoms. The molecule has 0 radical (unpaired) electrons. The van der Waals surface area contributed by atoms with Gasteiger partial charge in [0.1, 0.15) is 0 Å². The van der Waals surface area contributed by atoms with E-state index in [0.29, 0.717) is 12.1 Å². The summed E-state index contributed by atoms with van der Waals surface area (Å²) in [6, 6.07) is 4.02. The van der Waals surface area contributed by atoms with E-state index in [1.165, 1.54) is 23.1 Å². The van der Waals surface area contributed by atoms with Crippen LogP contribution in [0.1, 0.15) is 50.8 Å². The first-order valence-electron chi connectivity index (χ1n) is 5.79. The van der Waals surface area contributed by atoms with Crippen molar-refractivity contribution >= 4 is 17.8 Å². The maximum atomic E-state index is 12.0. The smallest absolute Gasteiger partial charge is 0.335 e. The molecular weight excluding hydrogens is 234 g/mol. The molecule has 1 aromatic rings. The highest BCUT2D eigenvalue weighted by atomic mass is 16.4. The number of aromatic carboxylic acids is 1. The molecule has 1 aliphatic rings. The normalized spacial score (nSPS) is 13.9. The summed E-state index contributed by atoms with van der Waals surface area (Å²) >= 11 is 0. The summed E-state index contributed by atoms with van der Waals surface area (Å²) in [6.45, 7) is 2.35. The molecule has 1 aromatic carbocycles. The van der Waals surface area contributed by atoms with Gasteiger partial charge < -0.3 is 5.11 Å². The third-order valence-corrected chi connectivity index (χ3v) is 2.95. The second-order valence-corrected chi connectivity index (χ2v) is 4.18. The summed E-state index contributed by atoms with van der Waals surface area (Å²) in [5.41, 5.74) is 0.504. The zero-order chi connectivity index (χ0) is 13.3. The number of carbonyl (C=O) groups is 3. The number of amides is 2. The molecular formula is C13H13NO4. The highest BCUT2D eigenvalue weighted by Crippen LogP contribution is 2.24. The van der Waals surface area contributed by atoms with Gasteiger partial charge in [0.2, 0.25) is 0 Å². The highest BCUT2D eigenvalue weighted by molar-refractivity contribution is 6.21. The van der Waals surface area contributed by atoms with Crippen molar-refractivity contribution in [3.05, 3.63) is 34.9 Å². The first kappa shape index (κ1) is 12.3. The van der Waals surface area contributed by atoms with Crippen LogP contribution in [0.25, 0.3) is 0 Å². The summed E-state index contributed by atoms with van der Waals surface area (Å²) < 4.78 is 0. The van der Waals surface area contributed by atoms with Gasteiger partial charge in [-0.15, -0.1) is 0 Å². The zero-order valence-electron chi connectivity index (χ0n) is 9.97. The summed E-state index contributed by atoms with van der Waals surface area (Å²) in [5.74, 6) is -1.84. The van der Waals surface area contributed by atoms with Gasteiger partial charge >= 0.3 is 5.97 Å². The number of fused-ring (bicyclic) bond motifs is 1. The van der Waals surface area contributed by atoms with Gasteiger partial charge in [0.25, 0.3) is 11.8 Å². The Balaban J connectivity index is 2.36. The van der Waals surface area contributed by atoms with Crippen LogP contribution in [0.4, 0.5) is 0 Å². The Bertz CT molecular complexity index is 536. The van der Waals surface area contributed by atoms with Crippen molar-refractivity contribution < 1.29 is 19.5 Å². The number of hydrogen-bond acceptors (Lipinski definition) is 3. The quantitative estimate of drug-likeness (QED) is 0.823. The lowest BCUT2D eigenvalue weighted by Crippen LogP contribution is -2.30. The maximum Gasteiger partial charge on any atom is 0.335 e. The minimum atomic E-state index is -1.11. The summed E-state index contributed by atoms with van der Waals surface area (Å²) in [7, 11) is 0. The van der Waals surface area contributed by atoms with E-state index in [0.717, 1.165) is 12.8 Å². The van der Waals surface area contributed by atoms with E-state index in [1.807, 2.05) is 6.92 Å². The number of carboxylic acids is 1. The molecule has 1 N–H and O–H groups in total. The molecule has 0 aliphatic carbocycles. The van der Waals surface area contributed by atoms with E-state index in [-0.39, 0.29) is 17.0 Å². The van der Waals surface area contributed by atoms with Crippen molar-refractivity contribution in [2.75, 3.05) is 6.54 Å². The van der Waals surface area contributed by atoms with Gasteiger partial charge in [-0.05, 0) is 24.6 Å². The van der Waals surface area contributed by atoms with E-state index in [9.17, 15) is 14.4 Å². The Kier molecular flexibility index (Phi) is 3.14. The van der Waals surface area contributed by atoms with Crippen molar-refractivity contribution in [2.45, 2.75) is 19.8 Å². The SMILES string of the molecule is CCCCN1C(=O)c2ccc(C(=O)O)cc2C1=O. The Morgan fingerprint density at radius 1 is 1.22 bits per heavy atom. The van der Waals surface area contributed by atoms with Crippen molar-refractivity contribution in [3.8, 4) is 0 Å². The van der Waals surface area contributed by atoms with Crippen LogP contribution in [0.3, 0.4) is 0 Å². The van der Waals surface area contributed by atoms with Gasteiger partial charge in [-0.1, -0.05) is 13.3 Å². The van der Waals surface area contributed by atoms with Crippen molar-refractivity contribution in [1.29, 1.82) is 0 Å². The first-order valence-corrected chi connectivity index (χ1v) is 5.79. The second-order valence-electron chi connectivity index (χ2n) is 4.18. The molecule has 2 amide bonds.